The van der Waals surface area contributed by atoms with Crippen LogP contribution in [0.15, 0.2) is 18.2 Å². The first-order valence-corrected chi connectivity index (χ1v) is 8.30. The van der Waals surface area contributed by atoms with E-state index in [2.05, 4.69) is 10.6 Å². The predicted octanol–water partition coefficient (Wildman–Crippen LogP) is 2.18. The van der Waals surface area contributed by atoms with E-state index in [0.29, 0.717) is 10.9 Å². The second kappa shape index (κ2) is 8.35. The molecule has 1 aliphatic carbocycles. The molecule has 0 bridgehead atoms. The first kappa shape index (κ1) is 18.5. The molecule has 1 atom stereocenters. The van der Waals surface area contributed by atoms with Gasteiger partial charge in [0.25, 0.3) is 11.8 Å². The average molecular weight is 373 g/mol. The van der Waals surface area contributed by atoms with Crippen molar-refractivity contribution in [1.82, 2.24) is 10.6 Å². The largest absolute Gasteiger partial charge is 0.454 e. The molecule has 1 saturated carbocycles. The molecule has 2 N–H and O–H groups in total. The summed E-state index contributed by atoms with van der Waals surface area (Å²) >= 11 is 11.7. The lowest BCUT2D eigenvalue weighted by Crippen LogP contribution is -2.38. The highest BCUT2D eigenvalue weighted by molar-refractivity contribution is 6.36. The van der Waals surface area contributed by atoms with E-state index in [1.54, 1.807) is 0 Å². The number of esters is 1. The third-order valence-electron chi connectivity index (χ3n) is 3.65. The van der Waals surface area contributed by atoms with Crippen molar-refractivity contribution >= 4 is 41.0 Å². The van der Waals surface area contributed by atoms with Crippen LogP contribution in [0, 0.1) is 5.92 Å². The Morgan fingerprint density at radius 3 is 2.62 bits per heavy atom. The standard InChI is InChI=1S/C16H18Cl2N2O4/c1-9(10-2-3-10)20-14(21)8-24-15(22)7-19-16(23)12-5-4-11(17)6-13(12)18/h4-6,9-10H,2-3,7-8H2,1H3,(H,19,23)(H,20,21)/t9-/m1/s1. The zero-order valence-electron chi connectivity index (χ0n) is 13.1. The zero-order chi connectivity index (χ0) is 17.7. The summed E-state index contributed by atoms with van der Waals surface area (Å²) in [7, 11) is 0. The fourth-order valence-electron chi connectivity index (χ4n) is 2.13. The molecule has 1 fully saturated rings. The average Bonchev–Trinajstić information content (AvgIpc) is 3.35. The van der Waals surface area contributed by atoms with Crippen LogP contribution >= 0.6 is 23.2 Å². The van der Waals surface area contributed by atoms with Gasteiger partial charge < -0.3 is 15.4 Å². The molecule has 1 aromatic rings. The van der Waals surface area contributed by atoms with E-state index < -0.39 is 11.9 Å². The molecular formula is C16H18Cl2N2O4. The molecule has 0 aromatic heterocycles. The molecule has 0 radical (unpaired) electrons. The molecule has 1 aliphatic rings. The van der Waals surface area contributed by atoms with Gasteiger partial charge in [0.15, 0.2) is 6.61 Å². The molecule has 130 valence electrons. The summed E-state index contributed by atoms with van der Waals surface area (Å²) in [4.78, 5) is 35.1. The number of amides is 2. The predicted molar refractivity (Wildman–Crippen MR) is 90.1 cm³/mol. The Balaban J connectivity index is 1.70. The van der Waals surface area contributed by atoms with Crippen LogP contribution in [0.3, 0.4) is 0 Å². The van der Waals surface area contributed by atoms with E-state index in [1.165, 1.54) is 18.2 Å². The normalized spacial score (nSPS) is 14.6. The van der Waals surface area contributed by atoms with Gasteiger partial charge >= 0.3 is 5.97 Å². The topological polar surface area (TPSA) is 84.5 Å². The molecular weight excluding hydrogens is 355 g/mol. The van der Waals surface area contributed by atoms with E-state index in [9.17, 15) is 14.4 Å². The minimum Gasteiger partial charge on any atom is -0.454 e. The molecule has 6 nitrogen and oxygen atoms in total. The molecule has 8 heteroatoms. The van der Waals surface area contributed by atoms with Gasteiger partial charge in [0, 0.05) is 11.1 Å². The molecule has 1 aromatic carbocycles. The van der Waals surface area contributed by atoms with E-state index in [0.717, 1.165) is 12.8 Å². The maximum atomic E-state index is 11.9. The van der Waals surface area contributed by atoms with Crippen molar-refractivity contribution in [2.24, 2.45) is 5.92 Å². The summed E-state index contributed by atoms with van der Waals surface area (Å²) in [5.41, 5.74) is 0.199. The van der Waals surface area contributed by atoms with Gasteiger partial charge in [-0.2, -0.15) is 0 Å². The summed E-state index contributed by atoms with van der Waals surface area (Å²) in [5, 5.41) is 5.73. The maximum Gasteiger partial charge on any atom is 0.325 e. The van der Waals surface area contributed by atoms with E-state index in [1.807, 2.05) is 6.92 Å². The molecule has 2 rings (SSSR count). The lowest BCUT2D eigenvalue weighted by molar-refractivity contribution is -0.147. The zero-order valence-corrected chi connectivity index (χ0v) is 14.6. The summed E-state index contributed by atoms with van der Waals surface area (Å²) in [6, 6.07) is 4.49. The highest BCUT2D eigenvalue weighted by Gasteiger charge is 2.28. The molecule has 0 saturated heterocycles. The number of ether oxygens (including phenoxy) is 1. The van der Waals surface area contributed by atoms with Crippen molar-refractivity contribution < 1.29 is 19.1 Å². The highest BCUT2D eigenvalue weighted by atomic mass is 35.5. The van der Waals surface area contributed by atoms with Crippen molar-refractivity contribution in [3.63, 3.8) is 0 Å². The Hall–Kier alpha value is -1.79. The number of nitrogens with one attached hydrogen (secondary N) is 2. The number of benzene rings is 1. The van der Waals surface area contributed by atoms with Crippen molar-refractivity contribution in [3.05, 3.63) is 33.8 Å². The van der Waals surface area contributed by atoms with Gasteiger partial charge in [-0.1, -0.05) is 23.2 Å². The summed E-state index contributed by atoms with van der Waals surface area (Å²) < 4.78 is 4.82. The first-order valence-electron chi connectivity index (χ1n) is 7.55. The monoisotopic (exact) mass is 372 g/mol. The number of carbonyl (C=O) groups is 3. The SMILES string of the molecule is C[C@@H](NC(=O)COC(=O)CNC(=O)c1ccc(Cl)cc1Cl)C1CC1. The van der Waals surface area contributed by atoms with E-state index >= 15 is 0 Å². The Morgan fingerprint density at radius 1 is 1.29 bits per heavy atom. The van der Waals surface area contributed by atoms with Gasteiger partial charge in [-0.05, 0) is 43.9 Å². The molecule has 0 spiro atoms. The quantitative estimate of drug-likeness (QED) is 0.718. The first-order chi connectivity index (χ1) is 11.4. The highest BCUT2D eigenvalue weighted by Crippen LogP contribution is 2.32. The van der Waals surface area contributed by atoms with E-state index in [4.69, 9.17) is 27.9 Å². The Kier molecular flexibility index (Phi) is 6.45. The number of carbonyl (C=O) groups excluding carboxylic acids is 3. The number of halogens is 2. The minimum atomic E-state index is -0.706. The lowest BCUT2D eigenvalue weighted by atomic mass is 10.2. The van der Waals surface area contributed by atoms with E-state index in [-0.39, 0.29) is 35.7 Å². The van der Waals surface area contributed by atoms with Crippen molar-refractivity contribution in [2.45, 2.75) is 25.8 Å². The lowest BCUT2D eigenvalue weighted by Gasteiger charge is -2.13. The van der Waals surface area contributed by atoms with Crippen molar-refractivity contribution in [1.29, 1.82) is 0 Å². The molecule has 2 amide bonds. The fourth-order valence-corrected chi connectivity index (χ4v) is 2.62. The fraction of sp³-hybridized carbons (Fsp3) is 0.438. The Bertz CT molecular complexity index is 647. The third-order valence-corrected chi connectivity index (χ3v) is 4.20. The van der Waals surface area contributed by atoms with Crippen molar-refractivity contribution in [2.75, 3.05) is 13.2 Å². The van der Waals surface area contributed by atoms with Crippen LogP contribution in [0.1, 0.15) is 30.1 Å². The number of hydrogen-bond donors (Lipinski definition) is 2. The van der Waals surface area contributed by atoms with Gasteiger partial charge in [-0.25, -0.2) is 0 Å². The van der Waals surface area contributed by atoms with Crippen LogP contribution < -0.4 is 10.6 Å². The van der Waals surface area contributed by atoms with Crippen LogP contribution in [0.5, 0.6) is 0 Å². The molecule has 0 heterocycles. The van der Waals surface area contributed by atoms with Crippen LogP contribution in [-0.2, 0) is 14.3 Å². The Labute approximate surface area is 149 Å². The van der Waals surface area contributed by atoms with Gasteiger partial charge in [0.1, 0.15) is 6.54 Å². The smallest absolute Gasteiger partial charge is 0.325 e. The van der Waals surface area contributed by atoms with Gasteiger partial charge in [0.2, 0.25) is 0 Å². The van der Waals surface area contributed by atoms with Crippen LogP contribution in [0.2, 0.25) is 10.0 Å². The summed E-state index contributed by atoms with van der Waals surface area (Å²) in [5.74, 6) is -1.06. The minimum absolute atomic E-state index is 0.0861. The van der Waals surface area contributed by atoms with Gasteiger partial charge in [-0.15, -0.1) is 0 Å². The van der Waals surface area contributed by atoms with Crippen molar-refractivity contribution in [3.8, 4) is 0 Å². The van der Waals surface area contributed by atoms with Gasteiger partial charge in [0.05, 0.1) is 10.6 Å². The molecule has 24 heavy (non-hydrogen) atoms. The van der Waals surface area contributed by atoms with Crippen LogP contribution in [-0.4, -0.2) is 37.0 Å². The third kappa shape index (κ3) is 5.69. The van der Waals surface area contributed by atoms with Crippen LogP contribution in [0.25, 0.3) is 0 Å². The number of rotatable bonds is 7. The maximum absolute atomic E-state index is 11.9. The second-order valence-electron chi connectivity index (χ2n) is 5.66. The molecule has 0 unspecified atom stereocenters. The van der Waals surface area contributed by atoms with Crippen LogP contribution in [0.4, 0.5) is 0 Å². The summed E-state index contributed by atoms with van der Waals surface area (Å²) in [6.07, 6.45) is 2.22. The molecule has 0 aliphatic heterocycles. The second-order valence-corrected chi connectivity index (χ2v) is 6.50. The van der Waals surface area contributed by atoms with Gasteiger partial charge in [-0.3, -0.25) is 14.4 Å². The number of hydrogen-bond acceptors (Lipinski definition) is 4. The summed E-state index contributed by atoms with van der Waals surface area (Å²) in [6.45, 7) is 1.20. The Morgan fingerprint density at radius 2 is 2.00 bits per heavy atom.